The lowest BCUT2D eigenvalue weighted by Crippen LogP contribution is -2.19. The van der Waals surface area contributed by atoms with Gasteiger partial charge < -0.3 is 9.88 Å². The Morgan fingerprint density at radius 2 is 2.27 bits per heavy atom. The zero-order valence-electron chi connectivity index (χ0n) is 9.74. The van der Waals surface area contributed by atoms with E-state index in [4.69, 9.17) is 0 Å². The second kappa shape index (κ2) is 4.69. The number of hydrogen-bond acceptors (Lipinski definition) is 2. The Balaban J connectivity index is 2.03. The van der Waals surface area contributed by atoms with Gasteiger partial charge in [0.25, 0.3) is 0 Å². The molecule has 1 aromatic heterocycles. The van der Waals surface area contributed by atoms with Gasteiger partial charge in [-0.15, -0.1) is 0 Å². The zero-order valence-corrected chi connectivity index (χ0v) is 9.74. The minimum atomic E-state index is 0.538. The largest absolute Gasteiger partial charge is 0.353 e. The first-order valence-electron chi connectivity index (χ1n) is 6.10. The predicted molar refractivity (Wildman–Crippen MR) is 63.1 cm³/mol. The molecule has 15 heavy (non-hydrogen) atoms. The highest BCUT2D eigenvalue weighted by Crippen LogP contribution is 2.23. The molecule has 0 bridgehead atoms. The highest BCUT2D eigenvalue weighted by atomic mass is 15.2. The van der Waals surface area contributed by atoms with Gasteiger partial charge in [-0.05, 0) is 26.2 Å². The molecule has 1 saturated carbocycles. The fourth-order valence-electron chi connectivity index (χ4n) is 2.23. The van der Waals surface area contributed by atoms with Crippen molar-refractivity contribution in [3.05, 3.63) is 12.4 Å². The SMILES string of the molecule is CCC(C)n1ccnc1NC1CCCC1. The second-order valence-electron chi connectivity index (χ2n) is 4.54. The third-order valence-electron chi connectivity index (χ3n) is 3.42. The molecule has 1 aromatic rings. The molecular weight excluding hydrogens is 186 g/mol. The molecule has 1 fully saturated rings. The number of rotatable bonds is 4. The molecule has 1 unspecified atom stereocenters. The molecule has 2 rings (SSSR count). The highest BCUT2D eigenvalue weighted by Gasteiger charge is 2.17. The van der Waals surface area contributed by atoms with E-state index in [-0.39, 0.29) is 0 Å². The summed E-state index contributed by atoms with van der Waals surface area (Å²) in [6.45, 7) is 4.45. The normalized spacial score (nSPS) is 19.3. The third-order valence-corrected chi connectivity index (χ3v) is 3.42. The van der Waals surface area contributed by atoms with E-state index < -0.39 is 0 Å². The van der Waals surface area contributed by atoms with Crippen LogP contribution in [0.5, 0.6) is 0 Å². The average Bonchev–Trinajstić information content (AvgIpc) is 2.88. The number of imidazole rings is 1. The number of hydrogen-bond donors (Lipinski definition) is 1. The van der Waals surface area contributed by atoms with E-state index in [0.717, 1.165) is 12.4 Å². The molecule has 1 aliphatic rings. The molecule has 0 radical (unpaired) electrons. The number of anilines is 1. The van der Waals surface area contributed by atoms with Crippen molar-refractivity contribution in [2.75, 3.05) is 5.32 Å². The van der Waals surface area contributed by atoms with E-state index in [1.54, 1.807) is 0 Å². The summed E-state index contributed by atoms with van der Waals surface area (Å²) in [7, 11) is 0. The number of nitrogens with zero attached hydrogens (tertiary/aromatic N) is 2. The first-order chi connectivity index (χ1) is 7.31. The van der Waals surface area contributed by atoms with Crippen LogP contribution in [0, 0.1) is 0 Å². The number of nitrogens with one attached hydrogen (secondary N) is 1. The Morgan fingerprint density at radius 3 is 2.93 bits per heavy atom. The van der Waals surface area contributed by atoms with E-state index in [9.17, 15) is 0 Å². The molecule has 3 nitrogen and oxygen atoms in total. The summed E-state index contributed by atoms with van der Waals surface area (Å²) in [5.41, 5.74) is 0. The summed E-state index contributed by atoms with van der Waals surface area (Å²) in [5.74, 6) is 1.05. The van der Waals surface area contributed by atoms with Gasteiger partial charge >= 0.3 is 0 Å². The van der Waals surface area contributed by atoms with Gasteiger partial charge in [0, 0.05) is 24.5 Å². The van der Waals surface area contributed by atoms with Crippen LogP contribution >= 0.6 is 0 Å². The lowest BCUT2D eigenvalue weighted by molar-refractivity contribution is 0.531. The van der Waals surface area contributed by atoms with Crippen LogP contribution in [0.25, 0.3) is 0 Å². The molecule has 0 saturated heterocycles. The quantitative estimate of drug-likeness (QED) is 0.821. The van der Waals surface area contributed by atoms with Gasteiger partial charge in [0.05, 0.1) is 0 Å². The molecule has 0 aromatic carbocycles. The van der Waals surface area contributed by atoms with Gasteiger partial charge in [-0.25, -0.2) is 4.98 Å². The lowest BCUT2D eigenvalue weighted by Gasteiger charge is -2.18. The Hall–Kier alpha value is -0.990. The fraction of sp³-hybridized carbons (Fsp3) is 0.750. The standard InChI is InChI=1S/C12H21N3/c1-3-10(2)15-9-8-13-12(15)14-11-6-4-5-7-11/h8-11H,3-7H2,1-2H3,(H,13,14). The minimum Gasteiger partial charge on any atom is -0.353 e. The van der Waals surface area contributed by atoms with Crippen molar-refractivity contribution >= 4 is 5.95 Å². The molecule has 84 valence electrons. The van der Waals surface area contributed by atoms with Crippen molar-refractivity contribution in [2.24, 2.45) is 0 Å². The summed E-state index contributed by atoms with van der Waals surface area (Å²) in [4.78, 5) is 4.40. The van der Waals surface area contributed by atoms with Crippen LogP contribution in [-0.2, 0) is 0 Å². The molecule has 1 atom stereocenters. The smallest absolute Gasteiger partial charge is 0.203 e. The van der Waals surface area contributed by atoms with E-state index >= 15 is 0 Å². The lowest BCUT2D eigenvalue weighted by atomic mass is 10.2. The van der Waals surface area contributed by atoms with E-state index in [1.165, 1.54) is 25.7 Å². The van der Waals surface area contributed by atoms with E-state index in [2.05, 4.69) is 34.9 Å². The fourth-order valence-corrected chi connectivity index (χ4v) is 2.23. The van der Waals surface area contributed by atoms with Crippen molar-refractivity contribution in [3.8, 4) is 0 Å². The van der Waals surface area contributed by atoms with Gasteiger partial charge in [-0.2, -0.15) is 0 Å². The summed E-state index contributed by atoms with van der Waals surface area (Å²) in [6.07, 6.45) is 10.4. The summed E-state index contributed by atoms with van der Waals surface area (Å²) >= 11 is 0. The predicted octanol–water partition coefficient (Wildman–Crippen LogP) is 3.21. The Kier molecular flexibility index (Phi) is 3.29. The highest BCUT2D eigenvalue weighted by molar-refractivity contribution is 5.28. The van der Waals surface area contributed by atoms with Gasteiger partial charge in [0.2, 0.25) is 5.95 Å². The van der Waals surface area contributed by atoms with E-state index in [0.29, 0.717) is 12.1 Å². The van der Waals surface area contributed by atoms with Crippen LogP contribution in [0.2, 0.25) is 0 Å². The second-order valence-corrected chi connectivity index (χ2v) is 4.54. The molecule has 0 amide bonds. The van der Waals surface area contributed by atoms with Crippen LogP contribution in [0.4, 0.5) is 5.95 Å². The number of aromatic nitrogens is 2. The first kappa shape index (κ1) is 10.5. The van der Waals surface area contributed by atoms with Crippen LogP contribution in [-0.4, -0.2) is 15.6 Å². The van der Waals surface area contributed by atoms with Gasteiger partial charge in [0.15, 0.2) is 0 Å². The maximum atomic E-state index is 4.40. The molecule has 0 spiro atoms. The maximum absolute atomic E-state index is 4.40. The average molecular weight is 207 g/mol. The van der Waals surface area contributed by atoms with Crippen LogP contribution in [0.1, 0.15) is 52.0 Å². The van der Waals surface area contributed by atoms with Gasteiger partial charge in [-0.1, -0.05) is 19.8 Å². The molecular formula is C12H21N3. The van der Waals surface area contributed by atoms with Crippen molar-refractivity contribution in [1.82, 2.24) is 9.55 Å². The van der Waals surface area contributed by atoms with Crippen LogP contribution in [0.15, 0.2) is 12.4 Å². The Bertz CT molecular complexity index is 300. The maximum Gasteiger partial charge on any atom is 0.203 e. The monoisotopic (exact) mass is 207 g/mol. The molecule has 1 aliphatic carbocycles. The molecule has 1 N–H and O–H groups in total. The Morgan fingerprint density at radius 1 is 1.53 bits per heavy atom. The van der Waals surface area contributed by atoms with Crippen LogP contribution < -0.4 is 5.32 Å². The van der Waals surface area contributed by atoms with Crippen LogP contribution in [0.3, 0.4) is 0 Å². The topological polar surface area (TPSA) is 29.9 Å². The zero-order chi connectivity index (χ0) is 10.7. The summed E-state index contributed by atoms with van der Waals surface area (Å²) in [6, 6.07) is 1.19. The van der Waals surface area contributed by atoms with Gasteiger partial charge in [0.1, 0.15) is 0 Å². The van der Waals surface area contributed by atoms with Crippen molar-refractivity contribution in [1.29, 1.82) is 0 Å². The molecule has 0 aliphatic heterocycles. The summed E-state index contributed by atoms with van der Waals surface area (Å²) in [5, 5.41) is 3.56. The third kappa shape index (κ3) is 2.33. The molecule has 1 heterocycles. The van der Waals surface area contributed by atoms with Crippen molar-refractivity contribution < 1.29 is 0 Å². The Labute approximate surface area is 91.9 Å². The summed E-state index contributed by atoms with van der Waals surface area (Å²) < 4.78 is 2.25. The van der Waals surface area contributed by atoms with E-state index in [1.807, 2.05) is 6.20 Å². The molecule has 3 heteroatoms. The van der Waals surface area contributed by atoms with Gasteiger partial charge in [-0.3, -0.25) is 0 Å². The van der Waals surface area contributed by atoms with Crippen molar-refractivity contribution in [2.45, 2.75) is 58.0 Å². The first-order valence-corrected chi connectivity index (χ1v) is 6.10. The minimum absolute atomic E-state index is 0.538. The van der Waals surface area contributed by atoms with Crippen molar-refractivity contribution in [3.63, 3.8) is 0 Å².